The molecule has 1 aromatic heterocycles. The van der Waals surface area contributed by atoms with E-state index in [0.717, 1.165) is 0 Å². The summed E-state index contributed by atoms with van der Waals surface area (Å²) in [5.41, 5.74) is 5.52. The van der Waals surface area contributed by atoms with Gasteiger partial charge in [-0.2, -0.15) is 5.10 Å². The molecule has 0 bridgehead atoms. The van der Waals surface area contributed by atoms with Gasteiger partial charge in [-0.15, -0.1) is 0 Å². The SMILES string of the molecule is Cn1ncc(N)c1N1CCC(NC(=O)OC(C)(C)C)CC(F)(F)C1. The van der Waals surface area contributed by atoms with Gasteiger partial charge in [0.2, 0.25) is 0 Å². The highest BCUT2D eigenvalue weighted by atomic mass is 19.3. The molecule has 0 aliphatic carbocycles. The van der Waals surface area contributed by atoms with Gasteiger partial charge in [0, 0.05) is 26.1 Å². The molecule has 136 valence electrons. The van der Waals surface area contributed by atoms with Gasteiger partial charge in [-0.05, 0) is 27.2 Å². The van der Waals surface area contributed by atoms with Crippen molar-refractivity contribution in [2.24, 2.45) is 7.05 Å². The van der Waals surface area contributed by atoms with E-state index in [1.54, 1.807) is 27.8 Å². The van der Waals surface area contributed by atoms with Crippen LogP contribution in [0.25, 0.3) is 0 Å². The smallest absolute Gasteiger partial charge is 0.407 e. The lowest BCUT2D eigenvalue weighted by Gasteiger charge is -2.26. The average molecular weight is 345 g/mol. The van der Waals surface area contributed by atoms with E-state index in [1.165, 1.54) is 15.8 Å². The van der Waals surface area contributed by atoms with Gasteiger partial charge in [0.15, 0.2) is 0 Å². The summed E-state index contributed by atoms with van der Waals surface area (Å²) in [5, 5.41) is 6.54. The van der Waals surface area contributed by atoms with Crippen LogP contribution in [0.5, 0.6) is 0 Å². The maximum atomic E-state index is 14.3. The minimum Gasteiger partial charge on any atom is -0.444 e. The van der Waals surface area contributed by atoms with Gasteiger partial charge < -0.3 is 20.7 Å². The first-order chi connectivity index (χ1) is 11.0. The Morgan fingerprint density at radius 1 is 1.50 bits per heavy atom. The molecule has 1 fully saturated rings. The maximum absolute atomic E-state index is 14.3. The van der Waals surface area contributed by atoms with Gasteiger partial charge in [-0.1, -0.05) is 0 Å². The van der Waals surface area contributed by atoms with Crippen LogP contribution in [-0.2, 0) is 11.8 Å². The number of rotatable bonds is 2. The van der Waals surface area contributed by atoms with E-state index in [1.807, 2.05) is 0 Å². The zero-order valence-electron chi connectivity index (χ0n) is 14.5. The molecular formula is C15H25F2N5O2. The number of aromatic nitrogens is 2. The number of nitrogens with one attached hydrogen (secondary N) is 1. The number of hydrogen-bond donors (Lipinski definition) is 2. The Kier molecular flexibility index (Phi) is 4.91. The van der Waals surface area contributed by atoms with Crippen molar-refractivity contribution in [2.45, 2.75) is 51.2 Å². The Labute approximate surface area is 140 Å². The molecule has 0 saturated carbocycles. The van der Waals surface area contributed by atoms with Crippen LogP contribution >= 0.6 is 0 Å². The van der Waals surface area contributed by atoms with Crippen molar-refractivity contribution >= 4 is 17.6 Å². The van der Waals surface area contributed by atoms with Crippen molar-refractivity contribution in [3.05, 3.63) is 6.20 Å². The van der Waals surface area contributed by atoms with Crippen LogP contribution in [0.1, 0.15) is 33.6 Å². The fraction of sp³-hybridized carbons (Fsp3) is 0.733. The molecule has 7 nitrogen and oxygen atoms in total. The second kappa shape index (κ2) is 6.45. The fourth-order valence-corrected chi connectivity index (χ4v) is 2.81. The number of aryl methyl sites for hydroxylation is 1. The summed E-state index contributed by atoms with van der Waals surface area (Å²) in [5.74, 6) is -2.50. The molecule has 2 rings (SSSR count). The summed E-state index contributed by atoms with van der Waals surface area (Å²) in [6.07, 6.45) is 0.672. The number of amides is 1. The molecule has 3 N–H and O–H groups in total. The Hall–Kier alpha value is -2.06. The largest absolute Gasteiger partial charge is 0.444 e. The first kappa shape index (κ1) is 18.3. The average Bonchev–Trinajstić information content (AvgIpc) is 2.62. The number of nitrogens with zero attached hydrogens (tertiary/aromatic N) is 3. The van der Waals surface area contributed by atoms with Gasteiger partial charge in [0.1, 0.15) is 11.4 Å². The van der Waals surface area contributed by atoms with Crippen LogP contribution in [0.15, 0.2) is 6.20 Å². The third kappa shape index (κ3) is 4.72. The zero-order chi connectivity index (χ0) is 18.1. The number of alkyl carbamates (subject to hydrolysis) is 1. The second-order valence-electron chi connectivity index (χ2n) is 7.16. The second-order valence-corrected chi connectivity index (χ2v) is 7.16. The normalized spacial score (nSPS) is 21.2. The lowest BCUT2D eigenvalue weighted by molar-refractivity contribution is -0.00542. The Bertz CT molecular complexity index is 578. The Morgan fingerprint density at radius 3 is 2.71 bits per heavy atom. The summed E-state index contributed by atoms with van der Waals surface area (Å²) in [6.45, 7) is 5.03. The number of alkyl halides is 2. The Morgan fingerprint density at radius 2 is 2.17 bits per heavy atom. The highest BCUT2D eigenvalue weighted by Gasteiger charge is 2.40. The molecule has 0 aromatic carbocycles. The van der Waals surface area contributed by atoms with E-state index < -0.39 is 36.6 Å². The summed E-state index contributed by atoms with van der Waals surface area (Å²) < 4.78 is 35.2. The van der Waals surface area contributed by atoms with Gasteiger partial charge in [0.05, 0.1) is 18.4 Å². The van der Waals surface area contributed by atoms with E-state index in [4.69, 9.17) is 10.5 Å². The van der Waals surface area contributed by atoms with E-state index in [2.05, 4.69) is 10.4 Å². The molecule has 1 amide bonds. The molecule has 1 unspecified atom stereocenters. The zero-order valence-corrected chi connectivity index (χ0v) is 14.5. The van der Waals surface area contributed by atoms with Crippen molar-refractivity contribution in [3.8, 4) is 0 Å². The topological polar surface area (TPSA) is 85.4 Å². The fourth-order valence-electron chi connectivity index (χ4n) is 2.81. The molecule has 1 aliphatic rings. The first-order valence-electron chi connectivity index (χ1n) is 7.87. The number of nitrogens with two attached hydrogens (primary N) is 1. The van der Waals surface area contributed by atoms with E-state index in [9.17, 15) is 13.6 Å². The van der Waals surface area contributed by atoms with Crippen LogP contribution in [-0.4, -0.2) is 46.5 Å². The van der Waals surface area contributed by atoms with Crippen molar-refractivity contribution in [1.82, 2.24) is 15.1 Å². The van der Waals surface area contributed by atoms with Crippen molar-refractivity contribution in [2.75, 3.05) is 23.7 Å². The predicted molar refractivity (Wildman–Crippen MR) is 87.2 cm³/mol. The van der Waals surface area contributed by atoms with E-state index in [0.29, 0.717) is 24.5 Å². The number of carbonyl (C=O) groups is 1. The standard InChI is InChI=1S/C15H25F2N5O2/c1-14(2,3)24-13(23)20-10-5-6-22(9-15(16,17)7-10)12-11(18)8-19-21(12)4/h8,10H,5-7,9,18H2,1-4H3,(H,20,23). The minimum absolute atomic E-state index is 0.333. The summed E-state index contributed by atoms with van der Waals surface area (Å²) >= 11 is 0. The molecule has 0 radical (unpaired) electrons. The maximum Gasteiger partial charge on any atom is 0.407 e. The third-order valence-corrected chi connectivity index (χ3v) is 3.67. The molecule has 0 spiro atoms. The van der Waals surface area contributed by atoms with E-state index in [-0.39, 0.29) is 0 Å². The number of nitrogen functional groups attached to an aromatic ring is 1. The molecule has 2 heterocycles. The highest BCUT2D eigenvalue weighted by molar-refractivity contribution is 5.68. The van der Waals surface area contributed by atoms with Crippen LogP contribution in [0.4, 0.5) is 25.1 Å². The molecular weight excluding hydrogens is 320 g/mol. The highest BCUT2D eigenvalue weighted by Crippen LogP contribution is 2.32. The number of carbonyl (C=O) groups excluding carboxylic acids is 1. The Balaban J connectivity index is 2.08. The van der Waals surface area contributed by atoms with Crippen LogP contribution in [0.2, 0.25) is 0 Å². The van der Waals surface area contributed by atoms with Crippen molar-refractivity contribution in [1.29, 1.82) is 0 Å². The molecule has 24 heavy (non-hydrogen) atoms. The minimum atomic E-state index is -2.97. The molecule has 1 aromatic rings. The summed E-state index contributed by atoms with van der Waals surface area (Å²) in [7, 11) is 1.66. The van der Waals surface area contributed by atoms with Gasteiger partial charge in [0.25, 0.3) is 5.92 Å². The lowest BCUT2D eigenvalue weighted by atomic mass is 10.1. The monoisotopic (exact) mass is 345 g/mol. The van der Waals surface area contributed by atoms with Gasteiger partial charge in [-0.25, -0.2) is 13.6 Å². The molecule has 1 atom stereocenters. The molecule has 1 saturated heterocycles. The quantitative estimate of drug-likeness (QED) is 0.858. The van der Waals surface area contributed by atoms with Gasteiger partial charge in [-0.3, -0.25) is 4.68 Å². The number of hydrogen-bond acceptors (Lipinski definition) is 5. The van der Waals surface area contributed by atoms with Crippen LogP contribution in [0, 0.1) is 0 Å². The molecule has 9 heteroatoms. The van der Waals surface area contributed by atoms with Crippen molar-refractivity contribution in [3.63, 3.8) is 0 Å². The first-order valence-corrected chi connectivity index (χ1v) is 7.87. The van der Waals surface area contributed by atoms with E-state index >= 15 is 0 Å². The van der Waals surface area contributed by atoms with Crippen LogP contribution in [0.3, 0.4) is 0 Å². The summed E-state index contributed by atoms with van der Waals surface area (Å²) in [6, 6.07) is -0.672. The third-order valence-electron chi connectivity index (χ3n) is 3.67. The van der Waals surface area contributed by atoms with Crippen molar-refractivity contribution < 1.29 is 18.3 Å². The number of halogens is 2. The number of ether oxygens (including phenoxy) is 1. The lowest BCUT2D eigenvalue weighted by Crippen LogP contribution is -2.42. The van der Waals surface area contributed by atoms with Gasteiger partial charge >= 0.3 is 6.09 Å². The van der Waals surface area contributed by atoms with Crippen LogP contribution < -0.4 is 16.0 Å². The predicted octanol–water partition coefficient (Wildman–Crippen LogP) is 2.13. The molecule has 1 aliphatic heterocycles. The summed E-state index contributed by atoms with van der Waals surface area (Å²) in [4.78, 5) is 13.4. The number of anilines is 2.